The lowest BCUT2D eigenvalue weighted by atomic mass is 10.1. The fourth-order valence-corrected chi connectivity index (χ4v) is 3.15. The third-order valence-corrected chi connectivity index (χ3v) is 4.74. The predicted octanol–water partition coefficient (Wildman–Crippen LogP) is 4.49. The first-order valence-electron chi connectivity index (χ1n) is 9.82. The quantitative estimate of drug-likeness (QED) is 0.681. The van der Waals surface area contributed by atoms with Gasteiger partial charge in [-0.1, -0.05) is 12.1 Å². The van der Waals surface area contributed by atoms with E-state index in [9.17, 15) is 13.6 Å². The first-order valence-corrected chi connectivity index (χ1v) is 9.82. The Morgan fingerprint density at radius 2 is 2.10 bits per heavy atom. The number of hydrogen-bond acceptors (Lipinski definition) is 4. The van der Waals surface area contributed by atoms with E-state index in [0.717, 1.165) is 48.9 Å². The largest absolute Gasteiger partial charge is 0.376 e. The lowest BCUT2D eigenvalue weighted by molar-refractivity contribution is -0.116. The van der Waals surface area contributed by atoms with Crippen molar-refractivity contribution < 1.29 is 23.0 Å². The SMILES string of the molecule is CC(Nc1cccc(COCC2CCCCO2)c1)C(=O)Nc1cc(F)ccc1F. The molecule has 2 atom stereocenters. The molecule has 3 rings (SSSR count). The van der Waals surface area contributed by atoms with E-state index in [4.69, 9.17) is 9.47 Å². The molecule has 1 heterocycles. The summed E-state index contributed by atoms with van der Waals surface area (Å²) in [7, 11) is 0. The maximum Gasteiger partial charge on any atom is 0.246 e. The number of carbonyl (C=O) groups is 1. The summed E-state index contributed by atoms with van der Waals surface area (Å²) in [4.78, 5) is 12.3. The number of amides is 1. The van der Waals surface area contributed by atoms with Gasteiger partial charge >= 0.3 is 0 Å². The van der Waals surface area contributed by atoms with Crippen molar-refractivity contribution >= 4 is 17.3 Å². The molecule has 0 aromatic heterocycles. The average molecular weight is 404 g/mol. The molecular formula is C22H26F2N2O3. The van der Waals surface area contributed by atoms with Crippen LogP contribution in [0.15, 0.2) is 42.5 Å². The van der Waals surface area contributed by atoms with Gasteiger partial charge in [0, 0.05) is 18.4 Å². The number of halogens is 2. The Balaban J connectivity index is 1.50. The van der Waals surface area contributed by atoms with Crippen molar-refractivity contribution in [2.24, 2.45) is 0 Å². The Hall–Kier alpha value is -2.51. The highest BCUT2D eigenvalue weighted by Gasteiger charge is 2.16. The van der Waals surface area contributed by atoms with Crippen LogP contribution in [0.25, 0.3) is 0 Å². The Kier molecular flexibility index (Phi) is 7.55. The highest BCUT2D eigenvalue weighted by Crippen LogP contribution is 2.18. The zero-order chi connectivity index (χ0) is 20.6. The predicted molar refractivity (Wildman–Crippen MR) is 108 cm³/mol. The number of ether oxygens (including phenoxy) is 2. The van der Waals surface area contributed by atoms with Crippen LogP contribution in [0, 0.1) is 11.6 Å². The van der Waals surface area contributed by atoms with Crippen LogP contribution >= 0.6 is 0 Å². The molecule has 0 saturated carbocycles. The molecule has 29 heavy (non-hydrogen) atoms. The topological polar surface area (TPSA) is 59.6 Å². The van der Waals surface area contributed by atoms with E-state index in [1.54, 1.807) is 6.92 Å². The number of anilines is 2. The second-order valence-electron chi connectivity index (χ2n) is 7.18. The minimum Gasteiger partial charge on any atom is -0.376 e. The summed E-state index contributed by atoms with van der Waals surface area (Å²) in [5, 5.41) is 5.47. The Morgan fingerprint density at radius 3 is 2.90 bits per heavy atom. The summed E-state index contributed by atoms with van der Waals surface area (Å²) in [5.41, 5.74) is 1.52. The minimum absolute atomic E-state index is 0.164. The van der Waals surface area contributed by atoms with Gasteiger partial charge in [-0.2, -0.15) is 0 Å². The van der Waals surface area contributed by atoms with Crippen molar-refractivity contribution in [3.05, 3.63) is 59.7 Å². The number of benzene rings is 2. The van der Waals surface area contributed by atoms with Crippen LogP contribution in [-0.4, -0.2) is 31.3 Å². The van der Waals surface area contributed by atoms with Crippen LogP contribution in [0.1, 0.15) is 31.7 Å². The summed E-state index contributed by atoms with van der Waals surface area (Å²) in [6.45, 7) is 3.46. The smallest absolute Gasteiger partial charge is 0.246 e. The van der Waals surface area contributed by atoms with Gasteiger partial charge in [-0.3, -0.25) is 4.79 Å². The van der Waals surface area contributed by atoms with Gasteiger partial charge in [0.2, 0.25) is 5.91 Å². The zero-order valence-electron chi connectivity index (χ0n) is 16.4. The van der Waals surface area contributed by atoms with Crippen molar-refractivity contribution in [3.8, 4) is 0 Å². The molecule has 7 heteroatoms. The van der Waals surface area contributed by atoms with E-state index < -0.39 is 23.6 Å². The van der Waals surface area contributed by atoms with Crippen molar-refractivity contribution in [1.29, 1.82) is 0 Å². The normalized spacial score (nSPS) is 17.6. The molecule has 1 amide bonds. The lowest BCUT2D eigenvalue weighted by Gasteiger charge is -2.22. The van der Waals surface area contributed by atoms with Crippen LogP contribution in [-0.2, 0) is 20.9 Å². The third-order valence-electron chi connectivity index (χ3n) is 4.74. The van der Waals surface area contributed by atoms with Crippen molar-refractivity contribution in [2.75, 3.05) is 23.8 Å². The number of rotatable bonds is 8. The molecule has 1 aliphatic rings. The average Bonchev–Trinajstić information content (AvgIpc) is 2.72. The molecule has 1 fully saturated rings. The van der Waals surface area contributed by atoms with E-state index in [0.29, 0.717) is 13.2 Å². The summed E-state index contributed by atoms with van der Waals surface area (Å²) in [5.74, 6) is -1.77. The molecule has 5 nitrogen and oxygen atoms in total. The maximum absolute atomic E-state index is 13.7. The van der Waals surface area contributed by atoms with Crippen LogP contribution < -0.4 is 10.6 Å². The third kappa shape index (κ3) is 6.51. The molecule has 1 aliphatic heterocycles. The van der Waals surface area contributed by atoms with Gasteiger partial charge in [-0.15, -0.1) is 0 Å². The van der Waals surface area contributed by atoms with E-state index >= 15 is 0 Å². The second kappa shape index (κ2) is 10.3. The van der Waals surface area contributed by atoms with Crippen molar-refractivity contribution in [2.45, 2.75) is 44.9 Å². The van der Waals surface area contributed by atoms with Crippen LogP contribution in [0.5, 0.6) is 0 Å². The molecule has 0 aliphatic carbocycles. The van der Waals surface area contributed by atoms with Crippen LogP contribution in [0.3, 0.4) is 0 Å². The van der Waals surface area contributed by atoms with Gasteiger partial charge in [0.25, 0.3) is 0 Å². The van der Waals surface area contributed by atoms with Gasteiger partial charge in [0.15, 0.2) is 0 Å². The van der Waals surface area contributed by atoms with E-state index in [1.807, 2.05) is 24.3 Å². The molecule has 0 spiro atoms. The summed E-state index contributed by atoms with van der Waals surface area (Å²) in [6.07, 6.45) is 3.48. The summed E-state index contributed by atoms with van der Waals surface area (Å²) < 4.78 is 38.4. The monoisotopic (exact) mass is 404 g/mol. The first-order chi connectivity index (χ1) is 14.0. The molecule has 0 bridgehead atoms. The standard InChI is InChI=1S/C22H26F2N2O3/c1-15(22(27)26-21-12-17(23)8-9-20(21)24)25-18-6-4-5-16(11-18)13-28-14-19-7-2-3-10-29-19/h4-6,8-9,11-12,15,19,25H,2-3,7,10,13-14H2,1H3,(H,26,27). The minimum atomic E-state index is -0.687. The molecular weight excluding hydrogens is 378 g/mol. The van der Waals surface area contributed by atoms with E-state index in [2.05, 4.69) is 10.6 Å². The maximum atomic E-state index is 13.7. The molecule has 0 radical (unpaired) electrons. The molecule has 156 valence electrons. The van der Waals surface area contributed by atoms with Crippen LogP contribution in [0.2, 0.25) is 0 Å². The molecule has 2 N–H and O–H groups in total. The Morgan fingerprint density at radius 1 is 1.24 bits per heavy atom. The number of carbonyl (C=O) groups excluding carboxylic acids is 1. The van der Waals surface area contributed by atoms with Gasteiger partial charge < -0.3 is 20.1 Å². The van der Waals surface area contributed by atoms with Crippen molar-refractivity contribution in [3.63, 3.8) is 0 Å². The van der Waals surface area contributed by atoms with E-state index in [1.165, 1.54) is 6.42 Å². The number of nitrogens with one attached hydrogen (secondary N) is 2. The van der Waals surface area contributed by atoms with Crippen molar-refractivity contribution in [1.82, 2.24) is 0 Å². The zero-order valence-corrected chi connectivity index (χ0v) is 16.4. The fourth-order valence-electron chi connectivity index (χ4n) is 3.15. The summed E-state index contributed by atoms with van der Waals surface area (Å²) in [6, 6.07) is 9.83. The van der Waals surface area contributed by atoms with Gasteiger partial charge in [0.1, 0.15) is 17.7 Å². The van der Waals surface area contributed by atoms with Gasteiger partial charge in [0.05, 0.1) is 25.0 Å². The van der Waals surface area contributed by atoms with Gasteiger partial charge in [-0.25, -0.2) is 8.78 Å². The fraction of sp³-hybridized carbons (Fsp3) is 0.409. The Labute approximate surface area is 169 Å². The highest BCUT2D eigenvalue weighted by molar-refractivity contribution is 5.96. The molecule has 2 unspecified atom stereocenters. The highest BCUT2D eigenvalue weighted by atomic mass is 19.1. The lowest BCUT2D eigenvalue weighted by Crippen LogP contribution is -2.32. The molecule has 2 aromatic rings. The first kappa shape index (κ1) is 21.2. The van der Waals surface area contributed by atoms with Crippen LogP contribution in [0.4, 0.5) is 20.2 Å². The Bertz CT molecular complexity index is 825. The number of hydrogen-bond donors (Lipinski definition) is 2. The molecule has 1 saturated heterocycles. The summed E-state index contributed by atoms with van der Waals surface area (Å²) >= 11 is 0. The molecule has 2 aromatic carbocycles. The second-order valence-corrected chi connectivity index (χ2v) is 7.18. The van der Waals surface area contributed by atoms with Gasteiger partial charge in [-0.05, 0) is 56.0 Å². The van der Waals surface area contributed by atoms with E-state index in [-0.39, 0.29) is 11.8 Å².